The maximum Gasteiger partial charge on any atom is 0.154 e. The maximum atomic E-state index is 9.18. The summed E-state index contributed by atoms with van der Waals surface area (Å²) in [5.74, 6) is 2.38. The van der Waals surface area contributed by atoms with Crippen molar-refractivity contribution in [1.29, 1.82) is 0 Å². The average molecular weight is 272 g/mol. The van der Waals surface area contributed by atoms with Gasteiger partial charge >= 0.3 is 0 Å². The summed E-state index contributed by atoms with van der Waals surface area (Å²) in [4.78, 5) is 8.85. The summed E-state index contributed by atoms with van der Waals surface area (Å²) in [6.45, 7) is 0.600. The fourth-order valence-corrected chi connectivity index (χ4v) is 2.84. The summed E-state index contributed by atoms with van der Waals surface area (Å²) in [5, 5.41) is 13.8. The van der Waals surface area contributed by atoms with E-state index < -0.39 is 0 Å². The summed E-state index contributed by atoms with van der Waals surface area (Å²) in [5.41, 5.74) is 1.12. The second kappa shape index (κ2) is 6.13. The van der Waals surface area contributed by atoms with Crippen LogP contribution in [0.4, 0.5) is 0 Å². The van der Waals surface area contributed by atoms with Crippen LogP contribution in [0.5, 0.6) is 0 Å². The van der Waals surface area contributed by atoms with E-state index in [1.54, 1.807) is 6.20 Å². The predicted octanol–water partition coefficient (Wildman–Crippen LogP) is 1.91. The molecule has 1 aliphatic carbocycles. The number of hydrogen-bond acceptors (Lipinski definition) is 4. The van der Waals surface area contributed by atoms with Gasteiger partial charge in [0.25, 0.3) is 0 Å². The van der Waals surface area contributed by atoms with Crippen LogP contribution in [0.2, 0.25) is 0 Å². The van der Waals surface area contributed by atoms with Crippen LogP contribution in [0.25, 0.3) is 0 Å². The number of hydrogen-bond donors (Lipinski definition) is 1. The van der Waals surface area contributed by atoms with Crippen molar-refractivity contribution >= 4 is 0 Å². The Labute approximate surface area is 118 Å². The smallest absolute Gasteiger partial charge is 0.154 e. The third-order valence-corrected chi connectivity index (χ3v) is 3.88. The van der Waals surface area contributed by atoms with Crippen LogP contribution >= 0.6 is 0 Å². The van der Waals surface area contributed by atoms with Gasteiger partial charge in [-0.3, -0.25) is 4.98 Å². The molecule has 1 aliphatic rings. The van der Waals surface area contributed by atoms with Crippen molar-refractivity contribution < 1.29 is 5.11 Å². The van der Waals surface area contributed by atoms with E-state index >= 15 is 0 Å². The molecule has 1 N–H and O–H groups in total. The van der Waals surface area contributed by atoms with E-state index in [1.807, 2.05) is 23.0 Å². The lowest BCUT2D eigenvalue weighted by atomic mass is 10.1. The third kappa shape index (κ3) is 2.88. The standard InChI is InChI=1S/C15H20N4O/c20-9-8-19-14(10-12-4-3-7-16-11-12)17-15(18-19)13-5-1-2-6-13/h3-4,7,11,13,20H,1-2,5-6,8-10H2. The van der Waals surface area contributed by atoms with Gasteiger partial charge in [-0.25, -0.2) is 9.67 Å². The van der Waals surface area contributed by atoms with Crippen molar-refractivity contribution in [2.75, 3.05) is 6.61 Å². The summed E-state index contributed by atoms with van der Waals surface area (Å²) in [7, 11) is 0. The van der Waals surface area contributed by atoms with Crippen molar-refractivity contribution in [1.82, 2.24) is 19.7 Å². The van der Waals surface area contributed by atoms with Crippen LogP contribution < -0.4 is 0 Å². The van der Waals surface area contributed by atoms with Crippen molar-refractivity contribution in [3.05, 3.63) is 41.7 Å². The minimum Gasteiger partial charge on any atom is -0.394 e. The second-order valence-electron chi connectivity index (χ2n) is 5.35. The highest BCUT2D eigenvalue weighted by atomic mass is 16.3. The molecule has 0 aromatic carbocycles. The molecule has 2 aromatic heterocycles. The minimum atomic E-state index is 0.0908. The molecule has 0 atom stereocenters. The van der Waals surface area contributed by atoms with E-state index in [-0.39, 0.29) is 6.61 Å². The van der Waals surface area contributed by atoms with Gasteiger partial charge in [0.2, 0.25) is 0 Å². The lowest BCUT2D eigenvalue weighted by Gasteiger charge is -2.03. The molecular weight excluding hydrogens is 252 g/mol. The van der Waals surface area contributed by atoms with Crippen molar-refractivity contribution in [3.8, 4) is 0 Å². The molecule has 0 bridgehead atoms. The molecule has 20 heavy (non-hydrogen) atoms. The van der Waals surface area contributed by atoms with Gasteiger partial charge in [-0.05, 0) is 24.5 Å². The average Bonchev–Trinajstić information content (AvgIpc) is 3.11. The lowest BCUT2D eigenvalue weighted by Crippen LogP contribution is -2.09. The van der Waals surface area contributed by atoms with Crippen LogP contribution in [0.1, 0.15) is 48.8 Å². The van der Waals surface area contributed by atoms with Crippen LogP contribution in [0.15, 0.2) is 24.5 Å². The molecule has 0 saturated heterocycles. The molecule has 106 valence electrons. The first-order valence-electron chi connectivity index (χ1n) is 7.30. The van der Waals surface area contributed by atoms with Crippen LogP contribution in [-0.4, -0.2) is 31.5 Å². The molecule has 0 aliphatic heterocycles. The van der Waals surface area contributed by atoms with E-state index in [0.717, 1.165) is 17.2 Å². The van der Waals surface area contributed by atoms with Gasteiger partial charge in [-0.15, -0.1) is 0 Å². The molecule has 2 aromatic rings. The fraction of sp³-hybridized carbons (Fsp3) is 0.533. The molecule has 1 fully saturated rings. The van der Waals surface area contributed by atoms with Crippen molar-refractivity contribution in [2.45, 2.75) is 44.6 Å². The summed E-state index contributed by atoms with van der Waals surface area (Å²) >= 11 is 0. The highest BCUT2D eigenvalue weighted by Gasteiger charge is 2.22. The number of aliphatic hydroxyl groups is 1. The largest absolute Gasteiger partial charge is 0.394 e. The lowest BCUT2D eigenvalue weighted by molar-refractivity contribution is 0.267. The Morgan fingerprint density at radius 1 is 1.30 bits per heavy atom. The molecule has 2 heterocycles. The van der Waals surface area contributed by atoms with Gasteiger partial charge in [0.15, 0.2) is 5.82 Å². The number of rotatable bonds is 5. The van der Waals surface area contributed by atoms with E-state index in [9.17, 15) is 5.11 Å². The Bertz CT molecular complexity index is 546. The monoisotopic (exact) mass is 272 g/mol. The van der Waals surface area contributed by atoms with E-state index in [0.29, 0.717) is 18.9 Å². The zero-order chi connectivity index (χ0) is 13.8. The Hall–Kier alpha value is -1.75. The molecule has 0 unspecified atom stereocenters. The Morgan fingerprint density at radius 3 is 2.85 bits per heavy atom. The quantitative estimate of drug-likeness (QED) is 0.903. The van der Waals surface area contributed by atoms with Gasteiger partial charge in [0, 0.05) is 24.7 Å². The molecular formula is C15H20N4O. The van der Waals surface area contributed by atoms with Crippen LogP contribution in [0, 0.1) is 0 Å². The van der Waals surface area contributed by atoms with Gasteiger partial charge in [0.05, 0.1) is 13.2 Å². The first kappa shape index (κ1) is 13.2. The minimum absolute atomic E-state index is 0.0908. The highest BCUT2D eigenvalue weighted by Crippen LogP contribution is 2.32. The normalized spacial score (nSPS) is 15.8. The molecule has 5 heteroatoms. The summed E-state index contributed by atoms with van der Waals surface area (Å²) in [6.07, 6.45) is 9.27. The zero-order valence-electron chi connectivity index (χ0n) is 11.6. The second-order valence-corrected chi connectivity index (χ2v) is 5.35. The van der Waals surface area contributed by atoms with Crippen LogP contribution in [0.3, 0.4) is 0 Å². The Balaban J connectivity index is 1.84. The predicted molar refractivity (Wildman–Crippen MR) is 75.4 cm³/mol. The Morgan fingerprint density at radius 2 is 2.15 bits per heavy atom. The van der Waals surface area contributed by atoms with E-state index in [1.165, 1.54) is 25.7 Å². The zero-order valence-corrected chi connectivity index (χ0v) is 11.6. The first-order valence-corrected chi connectivity index (χ1v) is 7.30. The molecule has 0 amide bonds. The molecule has 3 rings (SSSR count). The molecule has 0 radical (unpaired) electrons. The fourth-order valence-electron chi connectivity index (χ4n) is 2.84. The first-order chi connectivity index (χ1) is 9.86. The summed E-state index contributed by atoms with van der Waals surface area (Å²) in [6, 6.07) is 3.97. The van der Waals surface area contributed by atoms with Crippen molar-refractivity contribution in [3.63, 3.8) is 0 Å². The molecule has 1 saturated carbocycles. The van der Waals surface area contributed by atoms with Crippen molar-refractivity contribution in [2.24, 2.45) is 0 Å². The van der Waals surface area contributed by atoms with E-state index in [2.05, 4.69) is 10.1 Å². The molecule has 0 spiro atoms. The van der Waals surface area contributed by atoms with Gasteiger partial charge in [-0.1, -0.05) is 18.9 Å². The summed E-state index contributed by atoms with van der Waals surface area (Å²) < 4.78 is 1.85. The van der Waals surface area contributed by atoms with Crippen LogP contribution in [-0.2, 0) is 13.0 Å². The Kier molecular flexibility index (Phi) is 4.06. The third-order valence-electron chi connectivity index (χ3n) is 3.88. The van der Waals surface area contributed by atoms with E-state index in [4.69, 9.17) is 4.98 Å². The SMILES string of the molecule is OCCn1nc(C2CCCC2)nc1Cc1cccnc1. The number of nitrogens with zero attached hydrogens (tertiary/aromatic N) is 4. The maximum absolute atomic E-state index is 9.18. The van der Waals surface area contributed by atoms with Gasteiger partial charge in [0.1, 0.15) is 5.82 Å². The molecule has 5 nitrogen and oxygen atoms in total. The number of aliphatic hydroxyl groups excluding tert-OH is 1. The van der Waals surface area contributed by atoms with Gasteiger partial charge < -0.3 is 5.11 Å². The number of aromatic nitrogens is 4. The highest BCUT2D eigenvalue weighted by molar-refractivity contribution is 5.15. The number of pyridine rings is 1. The topological polar surface area (TPSA) is 63.8 Å². The van der Waals surface area contributed by atoms with Gasteiger partial charge in [-0.2, -0.15) is 5.10 Å².